The van der Waals surface area contributed by atoms with E-state index in [0.717, 1.165) is 31.5 Å². The number of aromatic nitrogens is 2. The Morgan fingerprint density at radius 1 is 1.19 bits per heavy atom. The van der Waals surface area contributed by atoms with Crippen LogP contribution in [0, 0.1) is 0 Å². The molecule has 0 spiro atoms. The fraction of sp³-hybridized carbons (Fsp3) is 0.238. The predicted molar refractivity (Wildman–Crippen MR) is 105 cm³/mol. The van der Waals surface area contributed by atoms with Gasteiger partial charge in [-0.3, -0.25) is 9.89 Å². The van der Waals surface area contributed by atoms with Gasteiger partial charge in [-0.2, -0.15) is 5.10 Å². The molecule has 3 N–H and O–H groups in total. The lowest BCUT2D eigenvalue weighted by molar-refractivity contribution is 0.0948. The van der Waals surface area contributed by atoms with E-state index < -0.39 is 0 Å². The number of fused-ring (bicyclic) bond motifs is 1. The molecule has 0 fully saturated rings. The van der Waals surface area contributed by atoms with Gasteiger partial charge < -0.3 is 15.3 Å². The number of rotatable bonds is 6. The average Bonchev–Trinajstić information content (AvgIpc) is 3.33. The molecule has 6 heteroatoms. The number of anilines is 1. The molecule has 27 heavy (non-hydrogen) atoms. The van der Waals surface area contributed by atoms with Gasteiger partial charge in [0.25, 0.3) is 5.91 Å². The van der Waals surface area contributed by atoms with Crippen molar-refractivity contribution in [2.45, 2.75) is 12.8 Å². The summed E-state index contributed by atoms with van der Waals surface area (Å²) in [5, 5.41) is 19.3. The Morgan fingerprint density at radius 2 is 2.00 bits per heavy atom. The normalized spacial score (nSPS) is 12.8. The van der Waals surface area contributed by atoms with Gasteiger partial charge in [-0.25, -0.2) is 0 Å². The standard InChI is InChI=1S/C21H22N4O2/c26-17-8-6-15(7-9-17)18-14-19(24-23-18)21(27)22-11-3-12-25-13-10-16-4-1-2-5-20(16)25/h1-2,4-9,14,26H,3,10-13H2,(H,22,27)(H,23,24). The zero-order chi connectivity index (χ0) is 18.6. The highest BCUT2D eigenvalue weighted by Gasteiger charge is 2.17. The molecule has 1 amide bonds. The number of aromatic hydroxyl groups is 1. The summed E-state index contributed by atoms with van der Waals surface area (Å²) in [4.78, 5) is 14.7. The summed E-state index contributed by atoms with van der Waals surface area (Å²) in [6, 6.07) is 16.9. The highest BCUT2D eigenvalue weighted by Crippen LogP contribution is 2.27. The molecule has 0 unspecified atom stereocenters. The Hall–Kier alpha value is -3.28. The molecule has 138 valence electrons. The van der Waals surface area contributed by atoms with Crippen LogP contribution >= 0.6 is 0 Å². The third-order valence-corrected chi connectivity index (χ3v) is 4.86. The lowest BCUT2D eigenvalue weighted by atomic mass is 10.1. The molecule has 0 saturated heterocycles. The molecule has 6 nitrogen and oxygen atoms in total. The van der Waals surface area contributed by atoms with Gasteiger partial charge in [-0.05, 0) is 54.8 Å². The Morgan fingerprint density at radius 3 is 2.85 bits per heavy atom. The Bertz CT molecular complexity index is 933. The van der Waals surface area contributed by atoms with Crippen LogP contribution in [0.4, 0.5) is 5.69 Å². The van der Waals surface area contributed by atoms with Crippen molar-refractivity contribution in [3.05, 3.63) is 65.9 Å². The molecule has 1 aliphatic rings. The monoisotopic (exact) mass is 362 g/mol. The SMILES string of the molecule is O=C(NCCCN1CCc2ccccc21)c1cc(-c2ccc(O)cc2)n[nH]1. The summed E-state index contributed by atoms with van der Waals surface area (Å²) in [7, 11) is 0. The highest BCUT2D eigenvalue weighted by atomic mass is 16.3. The van der Waals surface area contributed by atoms with E-state index in [-0.39, 0.29) is 11.7 Å². The fourth-order valence-electron chi connectivity index (χ4n) is 3.42. The molecule has 2 aromatic carbocycles. The number of benzene rings is 2. The molecular weight excluding hydrogens is 340 g/mol. The molecule has 1 aromatic heterocycles. The topological polar surface area (TPSA) is 81.2 Å². The van der Waals surface area contributed by atoms with Crippen molar-refractivity contribution in [2.24, 2.45) is 0 Å². The van der Waals surface area contributed by atoms with Crippen LogP contribution in [-0.4, -0.2) is 40.8 Å². The van der Waals surface area contributed by atoms with Gasteiger partial charge in [0, 0.05) is 30.9 Å². The number of phenols is 1. The Kier molecular flexibility index (Phi) is 4.78. The van der Waals surface area contributed by atoms with Crippen molar-refractivity contribution in [3.63, 3.8) is 0 Å². The van der Waals surface area contributed by atoms with E-state index in [1.807, 2.05) is 0 Å². The first-order valence-electron chi connectivity index (χ1n) is 9.16. The van der Waals surface area contributed by atoms with E-state index in [1.54, 1.807) is 30.3 Å². The number of hydrogen-bond donors (Lipinski definition) is 3. The minimum Gasteiger partial charge on any atom is -0.508 e. The summed E-state index contributed by atoms with van der Waals surface area (Å²) in [6.45, 7) is 2.59. The summed E-state index contributed by atoms with van der Waals surface area (Å²) >= 11 is 0. The minimum atomic E-state index is -0.158. The average molecular weight is 362 g/mol. The molecule has 4 rings (SSSR count). The summed E-state index contributed by atoms with van der Waals surface area (Å²) in [6.07, 6.45) is 1.98. The third-order valence-electron chi connectivity index (χ3n) is 4.86. The van der Waals surface area contributed by atoms with Crippen LogP contribution < -0.4 is 10.2 Å². The van der Waals surface area contributed by atoms with Gasteiger partial charge in [-0.15, -0.1) is 0 Å². The number of aromatic amines is 1. The third kappa shape index (κ3) is 3.79. The molecule has 0 atom stereocenters. The summed E-state index contributed by atoms with van der Waals surface area (Å²) < 4.78 is 0. The molecule has 0 saturated carbocycles. The van der Waals surface area contributed by atoms with Crippen molar-refractivity contribution < 1.29 is 9.90 Å². The van der Waals surface area contributed by atoms with Crippen molar-refractivity contribution in [2.75, 3.05) is 24.5 Å². The Labute approximate surface area is 157 Å². The van der Waals surface area contributed by atoms with Gasteiger partial charge in [0.15, 0.2) is 0 Å². The maximum absolute atomic E-state index is 12.3. The quantitative estimate of drug-likeness (QED) is 0.589. The molecule has 1 aliphatic heterocycles. The first-order chi connectivity index (χ1) is 13.2. The highest BCUT2D eigenvalue weighted by molar-refractivity contribution is 5.93. The van der Waals surface area contributed by atoms with Crippen LogP contribution in [-0.2, 0) is 6.42 Å². The van der Waals surface area contributed by atoms with Gasteiger partial charge in [0.05, 0.1) is 5.69 Å². The maximum Gasteiger partial charge on any atom is 0.269 e. The van der Waals surface area contributed by atoms with Crippen LogP contribution in [0.15, 0.2) is 54.6 Å². The number of phenolic OH excluding ortho intramolecular Hbond substituents is 1. The zero-order valence-corrected chi connectivity index (χ0v) is 15.0. The van der Waals surface area contributed by atoms with Crippen LogP contribution in [0.1, 0.15) is 22.5 Å². The van der Waals surface area contributed by atoms with E-state index in [2.05, 4.69) is 44.7 Å². The maximum atomic E-state index is 12.3. The predicted octanol–water partition coefficient (Wildman–Crippen LogP) is 2.96. The second-order valence-electron chi connectivity index (χ2n) is 6.69. The second kappa shape index (κ2) is 7.53. The number of carbonyl (C=O) groups is 1. The minimum absolute atomic E-state index is 0.158. The zero-order valence-electron chi connectivity index (χ0n) is 15.0. The van der Waals surface area contributed by atoms with E-state index >= 15 is 0 Å². The molecule has 2 heterocycles. The van der Waals surface area contributed by atoms with Gasteiger partial charge in [0.1, 0.15) is 11.4 Å². The van der Waals surface area contributed by atoms with Gasteiger partial charge >= 0.3 is 0 Å². The number of H-pyrrole nitrogens is 1. The molecule has 0 radical (unpaired) electrons. The van der Waals surface area contributed by atoms with Crippen molar-refractivity contribution in [3.8, 4) is 17.0 Å². The van der Waals surface area contributed by atoms with Crippen LogP contribution in [0.5, 0.6) is 5.75 Å². The van der Waals surface area contributed by atoms with Crippen molar-refractivity contribution >= 4 is 11.6 Å². The fourth-order valence-corrected chi connectivity index (χ4v) is 3.42. The first kappa shape index (κ1) is 17.1. The van der Waals surface area contributed by atoms with E-state index in [1.165, 1.54) is 11.3 Å². The molecular formula is C21H22N4O2. The number of para-hydroxylation sites is 1. The molecule has 0 aliphatic carbocycles. The summed E-state index contributed by atoms with van der Waals surface area (Å²) in [5.74, 6) is 0.0437. The number of nitrogens with one attached hydrogen (secondary N) is 2. The number of nitrogens with zero attached hydrogens (tertiary/aromatic N) is 2. The molecule has 3 aromatic rings. The van der Waals surface area contributed by atoms with E-state index in [4.69, 9.17) is 0 Å². The van der Waals surface area contributed by atoms with E-state index in [0.29, 0.717) is 17.9 Å². The molecule has 0 bridgehead atoms. The van der Waals surface area contributed by atoms with Gasteiger partial charge in [0.2, 0.25) is 0 Å². The number of carbonyl (C=O) groups excluding carboxylic acids is 1. The largest absolute Gasteiger partial charge is 0.508 e. The second-order valence-corrected chi connectivity index (χ2v) is 6.69. The lowest BCUT2D eigenvalue weighted by Gasteiger charge is -2.19. The number of hydrogen-bond acceptors (Lipinski definition) is 4. The van der Waals surface area contributed by atoms with Gasteiger partial charge in [-0.1, -0.05) is 18.2 Å². The lowest BCUT2D eigenvalue weighted by Crippen LogP contribution is -2.29. The van der Waals surface area contributed by atoms with Crippen LogP contribution in [0.25, 0.3) is 11.3 Å². The summed E-state index contributed by atoms with van der Waals surface area (Å²) in [5.41, 5.74) is 4.67. The van der Waals surface area contributed by atoms with Crippen molar-refractivity contribution in [1.29, 1.82) is 0 Å². The smallest absolute Gasteiger partial charge is 0.269 e. The first-order valence-corrected chi connectivity index (χ1v) is 9.16. The Balaban J connectivity index is 1.27. The number of amides is 1. The van der Waals surface area contributed by atoms with Crippen LogP contribution in [0.2, 0.25) is 0 Å². The van der Waals surface area contributed by atoms with E-state index in [9.17, 15) is 9.90 Å². The van der Waals surface area contributed by atoms with Crippen molar-refractivity contribution in [1.82, 2.24) is 15.5 Å². The van der Waals surface area contributed by atoms with Crippen LogP contribution in [0.3, 0.4) is 0 Å².